The van der Waals surface area contributed by atoms with E-state index in [1.165, 1.54) is 62.8 Å². The molecule has 1 heteroatoms. The Morgan fingerprint density at radius 1 is 1.12 bits per heavy atom. The van der Waals surface area contributed by atoms with Crippen molar-refractivity contribution < 1.29 is 4.48 Å². The normalized spacial score (nSPS) is 55.7. The van der Waals surface area contributed by atoms with Crippen molar-refractivity contribution in [2.45, 2.75) is 39.0 Å². The van der Waals surface area contributed by atoms with Gasteiger partial charge < -0.3 is 4.48 Å². The molecule has 0 aromatic carbocycles. The second kappa shape index (κ2) is 3.38. The summed E-state index contributed by atoms with van der Waals surface area (Å²) >= 11 is 0. The Balaban J connectivity index is 1.55. The zero-order chi connectivity index (χ0) is 11.5. The largest absolute Gasteiger partial charge is 0.323 e. The van der Waals surface area contributed by atoms with Crippen molar-refractivity contribution in [2.75, 3.05) is 26.2 Å². The van der Waals surface area contributed by atoms with Crippen LogP contribution in [0.5, 0.6) is 0 Å². The van der Waals surface area contributed by atoms with Crippen molar-refractivity contribution in [3.63, 3.8) is 0 Å². The molecule has 0 aromatic rings. The fraction of sp³-hybridized carbons (Fsp3) is 0.875. The minimum atomic E-state index is 0.642. The number of hydrogen-bond acceptors (Lipinski definition) is 0. The summed E-state index contributed by atoms with van der Waals surface area (Å²) in [5.41, 5.74) is 0.642. The first kappa shape index (κ1) is 10.6. The Labute approximate surface area is 105 Å². The first-order chi connectivity index (χ1) is 8.18. The van der Waals surface area contributed by atoms with E-state index in [0.29, 0.717) is 5.41 Å². The summed E-state index contributed by atoms with van der Waals surface area (Å²) in [6.45, 7) is 8.59. The lowest BCUT2D eigenvalue weighted by molar-refractivity contribution is -0.948. The highest BCUT2D eigenvalue weighted by Crippen LogP contribution is 2.53. The highest BCUT2D eigenvalue weighted by atomic mass is 15.4. The van der Waals surface area contributed by atoms with Gasteiger partial charge in [0.25, 0.3) is 0 Å². The van der Waals surface area contributed by atoms with E-state index in [4.69, 9.17) is 0 Å². The Hall–Kier alpha value is -0.300. The predicted molar refractivity (Wildman–Crippen MR) is 70.5 cm³/mol. The highest BCUT2D eigenvalue weighted by molar-refractivity contribution is 5.14. The zero-order valence-electron chi connectivity index (χ0n) is 11.2. The van der Waals surface area contributed by atoms with E-state index in [9.17, 15) is 0 Å². The van der Waals surface area contributed by atoms with Crippen LogP contribution in [0.15, 0.2) is 12.2 Å². The van der Waals surface area contributed by atoms with Gasteiger partial charge in [0.15, 0.2) is 0 Å². The van der Waals surface area contributed by atoms with Crippen molar-refractivity contribution in [1.29, 1.82) is 0 Å². The Kier molecular flexibility index (Phi) is 2.11. The lowest BCUT2D eigenvalue weighted by Crippen LogP contribution is -2.61. The zero-order valence-corrected chi connectivity index (χ0v) is 11.2. The number of rotatable bonds is 2. The van der Waals surface area contributed by atoms with Gasteiger partial charge in [-0.3, -0.25) is 0 Å². The number of fused-ring (bicyclic) bond motifs is 5. The monoisotopic (exact) mass is 232 g/mol. The van der Waals surface area contributed by atoms with Gasteiger partial charge in [0.05, 0.1) is 26.2 Å². The molecule has 3 heterocycles. The van der Waals surface area contributed by atoms with Crippen LogP contribution in [0.2, 0.25) is 0 Å². The van der Waals surface area contributed by atoms with Crippen LogP contribution < -0.4 is 0 Å². The van der Waals surface area contributed by atoms with Gasteiger partial charge in [0.2, 0.25) is 0 Å². The van der Waals surface area contributed by atoms with Crippen LogP contribution in [0.25, 0.3) is 0 Å². The maximum Gasteiger partial charge on any atom is 0.0846 e. The van der Waals surface area contributed by atoms with Gasteiger partial charge in [-0.2, -0.15) is 0 Å². The van der Waals surface area contributed by atoms with Gasteiger partial charge >= 0.3 is 0 Å². The first-order valence-electron chi connectivity index (χ1n) is 7.71. The molecule has 2 aliphatic carbocycles. The molecule has 1 nitrogen and oxygen atoms in total. The Morgan fingerprint density at radius 3 is 2.35 bits per heavy atom. The highest BCUT2D eigenvalue weighted by Gasteiger charge is 2.51. The molecule has 0 aromatic heterocycles. The van der Waals surface area contributed by atoms with E-state index >= 15 is 0 Å². The number of nitrogens with zero attached hydrogens (tertiary/aromatic N) is 1. The molecule has 3 atom stereocenters. The first-order valence-corrected chi connectivity index (χ1v) is 7.71. The fourth-order valence-electron chi connectivity index (χ4n) is 5.52. The molecule has 3 aliphatic heterocycles. The molecule has 4 fully saturated rings. The second-order valence-corrected chi connectivity index (χ2v) is 7.75. The summed E-state index contributed by atoms with van der Waals surface area (Å²) in [4.78, 5) is 0. The van der Waals surface area contributed by atoms with E-state index in [1.807, 2.05) is 0 Å². The molecule has 3 unspecified atom stereocenters. The molecule has 5 aliphatic rings. The smallest absolute Gasteiger partial charge is 0.0846 e. The molecule has 0 spiro atoms. The average Bonchev–Trinajstić information content (AvgIpc) is 2.90. The maximum absolute atomic E-state index is 2.59. The third-order valence-corrected chi connectivity index (χ3v) is 6.53. The summed E-state index contributed by atoms with van der Waals surface area (Å²) in [7, 11) is 0. The lowest BCUT2D eigenvalue weighted by Gasteiger charge is -2.53. The summed E-state index contributed by atoms with van der Waals surface area (Å²) in [5.74, 6) is 2.95. The van der Waals surface area contributed by atoms with E-state index < -0.39 is 0 Å². The van der Waals surface area contributed by atoms with Crippen LogP contribution in [0, 0.1) is 23.2 Å². The fourth-order valence-corrected chi connectivity index (χ4v) is 5.52. The van der Waals surface area contributed by atoms with Crippen LogP contribution in [0.3, 0.4) is 0 Å². The van der Waals surface area contributed by atoms with Crippen LogP contribution in [-0.2, 0) is 0 Å². The van der Waals surface area contributed by atoms with E-state index in [-0.39, 0.29) is 0 Å². The van der Waals surface area contributed by atoms with Gasteiger partial charge in [0, 0.05) is 5.41 Å². The van der Waals surface area contributed by atoms with Crippen LogP contribution in [-0.4, -0.2) is 30.7 Å². The quantitative estimate of drug-likeness (QED) is 0.506. The molecular formula is C16H26N+. The topological polar surface area (TPSA) is 0 Å². The van der Waals surface area contributed by atoms with Gasteiger partial charge in [-0.25, -0.2) is 0 Å². The molecular weight excluding hydrogens is 206 g/mol. The van der Waals surface area contributed by atoms with Crippen molar-refractivity contribution in [2.24, 2.45) is 23.2 Å². The van der Waals surface area contributed by atoms with Crippen LogP contribution in [0.4, 0.5) is 0 Å². The minimum Gasteiger partial charge on any atom is -0.323 e. The van der Waals surface area contributed by atoms with Crippen LogP contribution in [0.1, 0.15) is 39.0 Å². The van der Waals surface area contributed by atoms with E-state index in [1.54, 1.807) is 0 Å². The third kappa shape index (κ3) is 1.54. The molecule has 3 saturated heterocycles. The molecule has 0 radical (unpaired) electrons. The van der Waals surface area contributed by atoms with Gasteiger partial charge in [-0.05, 0) is 49.9 Å². The number of allylic oxidation sites excluding steroid dienone is 2. The van der Waals surface area contributed by atoms with Crippen molar-refractivity contribution in [1.82, 2.24) is 0 Å². The van der Waals surface area contributed by atoms with E-state index in [0.717, 1.165) is 17.8 Å². The van der Waals surface area contributed by atoms with Gasteiger partial charge in [0.1, 0.15) is 0 Å². The van der Waals surface area contributed by atoms with Crippen molar-refractivity contribution in [3.8, 4) is 0 Å². The molecule has 0 amide bonds. The lowest BCUT2D eigenvalue weighted by atomic mass is 9.74. The van der Waals surface area contributed by atoms with Gasteiger partial charge in [-0.1, -0.05) is 19.1 Å². The Morgan fingerprint density at radius 2 is 1.82 bits per heavy atom. The van der Waals surface area contributed by atoms with Crippen molar-refractivity contribution in [3.05, 3.63) is 12.2 Å². The molecule has 17 heavy (non-hydrogen) atoms. The molecule has 1 saturated carbocycles. The minimum absolute atomic E-state index is 0.642. The SMILES string of the molecule is CC1(C[N+]23CCC(CC2)CC3)CC2C=CC1C2. The predicted octanol–water partition coefficient (Wildman–Crippen LogP) is 3.22. The summed E-state index contributed by atoms with van der Waals surface area (Å²) in [5, 5.41) is 0. The standard InChI is InChI=1S/C16H26N/c1-16(11-14-2-3-15(16)10-14)12-17-7-4-13(5-8-17)6-9-17/h2-3,13-15H,4-12H2,1H3/q+1. The summed E-state index contributed by atoms with van der Waals surface area (Å²) in [6, 6.07) is 0. The number of piperidine rings is 3. The number of hydrogen-bond donors (Lipinski definition) is 0. The summed E-state index contributed by atoms with van der Waals surface area (Å²) in [6.07, 6.45) is 12.6. The average molecular weight is 232 g/mol. The molecule has 94 valence electrons. The number of quaternary nitrogens is 1. The molecule has 0 N–H and O–H groups in total. The molecule has 5 rings (SSSR count). The van der Waals surface area contributed by atoms with E-state index in [2.05, 4.69) is 19.1 Å². The Bertz CT molecular complexity index is 337. The van der Waals surface area contributed by atoms with Crippen molar-refractivity contribution >= 4 is 0 Å². The maximum atomic E-state index is 2.59. The summed E-state index contributed by atoms with van der Waals surface area (Å²) < 4.78 is 1.49. The third-order valence-electron chi connectivity index (χ3n) is 6.53. The van der Waals surface area contributed by atoms with Gasteiger partial charge in [-0.15, -0.1) is 0 Å². The molecule has 4 bridgehead atoms. The van der Waals surface area contributed by atoms with Crippen LogP contribution >= 0.6 is 0 Å². The second-order valence-electron chi connectivity index (χ2n) is 7.75.